The SMILES string of the molecule is CCC(C)(C)c1nnc(-c2cccc(-c3c(C)cc(C(C)(C)C)cc3C)c2)n1-c1ccc(C(C)(C)C)cc1C. The maximum atomic E-state index is 4.83. The number of aryl methyl sites for hydroxylation is 3. The van der Waals surface area contributed by atoms with E-state index in [1.165, 1.54) is 38.9 Å². The molecule has 0 atom stereocenters. The Bertz CT molecular complexity index is 1480. The van der Waals surface area contributed by atoms with Crippen LogP contribution in [0.25, 0.3) is 28.2 Å². The smallest absolute Gasteiger partial charge is 0.168 e. The van der Waals surface area contributed by atoms with Crippen molar-refractivity contribution in [3.8, 4) is 28.2 Å². The van der Waals surface area contributed by atoms with Crippen LogP contribution in [0.5, 0.6) is 0 Å². The van der Waals surface area contributed by atoms with Crippen molar-refractivity contribution >= 4 is 0 Å². The summed E-state index contributed by atoms with van der Waals surface area (Å²) in [5.41, 5.74) is 11.4. The summed E-state index contributed by atoms with van der Waals surface area (Å²) in [4.78, 5) is 0. The van der Waals surface area contributed by atoms with E-state index in [1.54, 1.807) is 0 Å². The molecule has 0 unspecified atom stereocenters. The van der Waals surface area contributed by atoms with Crippen LogP contribution in [0, 0.1) is 20.8 Å². The molecule has 206 valence electrons. The fourth-order valence-electron chi connectivity index (χ4n) is 5.33. The highest BCUT2D eigenvalue weighted by Crippen LogP contribution is 2.37. The lowest BCUT2D eigenvalue weighted by atomic mass is 9.82. The Morgan fingerprint density at radius 2 is 1.21 bits per heavy atom. The quantitative estimate of drug-likeness (QED) is 0.262. The predicted octanol–water partition coefficient (Wildman–Crippen LogP) is 9.81. The molecule has 0 N–H and O–H groups in total. The van der Waals surface area contributed by atoms with Gasteiger partial charge in [-0.05, 0) is 89.1 Å². The molecule has 1 heterocycles. The third kappa shape index (κ3) is 5.60. The van der Waals surface area contributed by atoms with Crippen molar-refractivity contribution in [2.75, 3.05) is 0 Å². The average molecular weight is 522 g/mol. The fourth-order valence-corrected chi connectivity index (χ4v) is 5.33. The third-order valence-electron chi connectivity index (χ3n) is 8.26. The van der Waals surface area contributed by atoms with Gasteiger partial charge in [-0.1, -0.05) is 105 Å². The molecule has 0 spiro atoms. The number of hydrogen-bond acceptors (Lipinski definition) is 2. The number of benzene rings is 3. The van der Waals surface area contributed by atoms with Gasteiger partial charge in [0.2, 0.25) is 0 Å². The van der Waals surface area contributed by atoms with E-state index in [9.17, 15) is 0 Å². The van der Waals surface area contributed by atoms with Crippen molar-refractivity contribution in [1.82, 2.24) is 14.8 Å². The van der Waals surface area contributed by atoms with Gasteiger partial charge in [0.05, 0.1) is 5.69 Å². The molecular weight excluding hydrogens is 474 g/mol. The molecule has 0 bridgehead atoms. The number of hydrogen-bond donors (Lipinski definition) is 0. The van der Waals surface area contributed by atoms with Gasteiger partial charge in [0.15, 0.2) is 5.82 Å². The molecule has 0 fully saturated rings. The van der Waals surface area contributed by atoms with E-state index in [2.05, 4.69) is 142 Å². The molecule has 4 rings (SSSR count). The second-order valence-corrected chi connectivity index (χ2v) is 14.0. The third-order valence-corrected chi connectivity index (χ3v) is 8.26. The first-order valence-corrected chi connectivity index (χ1v) is 14.3. The zero-order chi connectivity index (χ0) is 28.9. The molecule has 1 aromatic heterocycles. The molecule has 3 aromatic carbocycles. The first-order valence-electron chi connectivity index (χ1n) is 14.3. The highest BCUT2D eigenvalue weighted by atomic mass is 15.3. The van der Waals surface area contributed by atoms with Crippen molar-refractivity contribution in [1.29, 1.82) is 0 Å². The predicted molar refractivity (Wildman–Crippen MR) is 167 cm³/mol. The molecule has 4 aromatic rings. The molecule has 0 saturated carbocycles. The summed E-state index contributed by atoms with van der Waals surface area (Å²) in [6.07, 6.45) is 0.975. The van der Waals surface area contributed by atoms with Crippen LogP contribution in [0.3, 0.4) is 0 Å². The molecule has 0 aliphatic carbocycles. The van der Waals surface area contributed by atoms with Crippen LogP contribution in [-0.4, -0.2) is 14.8 Å². The molecule has 0 saturated heterocycles. The van der Waals surface area contributed by atoms with Gasteiger partial charge < -0.3 is 0 Å². The summed E-state index contributed by atoms with van der Waals surface area (Å²) in [5.74, 6) is 1.89. The van der Waals surface area contributed by atoms with Crippen molar-refractivity contribution in [3.05, 3.63) is 88.2 Å². The molecule has 3 heteroatoms. The molecule has 39 heavy (non-hydrogen) atoms. The van der Waals surface area contributed by atoms with Gasteiger partial charge in [0.25, 0.3) is 0 Å². The summed E-state index contributed by atoms with van der Waals surface area (Å²) in [6, 6.07) is 20.3. The van der Waals surface area contributed by atoms with Crippen molar-refractivity contribution < 1.29 is 0 Å². The van der Waals surface area contributed by atoms with Crippen LogP contribution in [-0.2, 0) is 16.2 Å². The van der Waals surface area contributed by atoms with Crippen LogP contribution >= 0.6 is 0 Å². The van der Waals surface area contributed by atoms with Gasteiger partial charge >= 0.3 is 0 Å². The molecule has 0 aliphatic heterocycles. The first-order chi connectivity index (χ1) is 18.0. The largest absolute Gasteiger partial charge is 0.278 e. The highest BCUT2D eigenvalue weighted by molar-refractivity contribution is 5.76. The first kappa shape index (κ1) is 28.8. The van der Waals surface area contributed by atoms with Crippen LogP contribution in [0.1, 0.15) is 102 Å². The maximum Gasteiger partial charge on any atom is 0.168 e. The molecule has 0 radical (unpaired) electrons. The minimum absolute atomic E-state index is 0.0947. The lowest BCUT2D eigenvalue weighted by molar-refractivity contribution is 0.464. The molecule has 0 amide bonds. The van der Waals surface area contributed by atoms with Crippen LogP contribution < -0.4 is 0 Å². The van der Waals surface area contributed by atoms with Crippen LogP contribution in [0.4, 0.5) is 0 Å². The fraction of sp³-hybridized carbons (Fsp3) is 0.444. The normalized spacial score (nSPS) is 12.7. The Balaban J connectivity index is 1.92. The van der Waals surface area contributed by atoms with Crippen molar-refractivity contribution in [2.24, 2.45) is 0 Å². The maximum absolute atomic E-state index is 4.83. The molecule has 3 nitrogen and oxygen atoms in total. The van der Waals surface area contributed by atoms with Gasteiger partial charge in [0.1, 0.15) is 5.82 Å². The number of rotatable bonds is 5. The van der Waals surface area contributed by atoms with E-state index in [4.69, 9.17) is 10.2 Å². The van der Waals surface area contributed by atoms with Crippen LogP contribution in [0.2, 0.25) is 0 Å². The Kier molecular flexibility index (Phi) is 7.44. The van der Waals surface area contributed by atoms with Gasteiger partial charge in [-0.25, -0.2) is 0 Å². The number of nitrogens with zero attached hydrogens (tertiary/aromatic N) is 3. The van der Waals surface area contributed by atoms with Gasteiger partial charge in [0, 0.05) is 11.0 Å². The summed E-state index contributed by atoms with van der Waals surface area (Å²) in [7, 11) is 0. The van der Waals surface area contributed by atoms with Gasteiger partial charge in [-0.2, -0.15) is 0 Å². The van der Waals surface area contributed by atoms with Gasteiger partial charge in [-0.15, -0.1) is 10.2 Å². The molecular formula is C36H47N3. The second kappa shape index (κ2) is 10.1. The lowest BCUT2D eigenvalue weighted by Crippen LogP contribution is -2.22. The van der Waals surface area contributed by atoms with Crippen LogP contribution in [0.15, 0.2) is 54.6 Å². The monoisotopic (exact) mass is 521 g/mol. The second-order valence-electron chi connectivity index (χ2n) is 14.0. The summed E-state index contributed by atoms with van der Waals surface area (Å²) < 4.78 is 2.30. The van der Waals surface area contributed by atoms with E-state index < -0.39 is 0 Å². The minimum atomic E-state index is -0.117. The summed E-state index contributed by atoms with van der Waals surface area (Å²) >= 11 is 0. The lowest BCUT2D eigenvalue weighted by Gasteiger charge is -2.25. The van der Waals surface area contributed by atoms with E-state index in [-0.39, 0.29) is 16.2 Å². The van der Waals surface area contributed by atoms with Gasteiger partial charge in [-0.3, -0.25) is 4.57 Å². The summed E-state index contributed by atoms with van der Waals surface area (Å²) in [6.45, 7) is 27.0. The zero-order valence-electron chi connectivity index (χ0n) is 26.2. The standard InChI is InChI=1S/C36H47N3/c1-13-36(11,12)33-38-37-32(39(33)30-18-17-28(19-23(30)2)34(5,6)7)27-16-14-15-26(22-27)31-24(3)20-29(21-25(31)4)35(8,9)10/h14-22H,13H2,1-12H3. The topological polar surface area (TPSA) is 30.7 Å². The highest BCUT2D eigenvalue weighted by Gasteiger charge is 2.29. The van der Waals surface area contributed by atoms with E-state index in [1.807, 2.05) is 0 Å². The minimum Gasteiger partial charge on any atom is -0.278 e. The Morgan fingerprint density at radius 3 is 1.74 bits per heavy atom. The van der Waals surface area contributed by atoms with Crippen molar-refractivity contribution in [2.45, 2.75) is 106 Å². The number of aromatic nitrogens is 3. The Hall–Kier alpha value is -3.20. The molecule has 0 aliphatic rings. The van der Waals surface area contributed by atoms with Crippen molar-refractivity contribution in [3.63, 3.8) is 0 Å². The average Bonchev–Trinajstić information content (AvgIpc) is 3.28. The van der Waals surface area contributed by atoms with E-state index in [0.29, 0.717) is 0 Å². The summed E-state index contributed by atoms with van der Waals surface area (Å²) in [5, 5.41) is 9.64. The Morgan fingerprint density at radius 1 is 0.641 bits per heavy atom. The van der Waals surface area contributed by atoms with E-state index in [0.717, 1.165) is 29.3 Å². The van der Waals surface area contributed by atoms with E-state index >= 15 is 0 Å². The Labute approximate surface area is 236 Å². The zero-order valence-corrected chi connectivity index (χ0v) is 26.2.